The van der Waals surface area contributed by atoms with Crippen molar-refractivity contribution in [1.29, 1.82) is 0 Å². The highest BCUT2D eigenvalue weighted by Gasteiger charge is 2.30. The summed E-state index contributed by atoms with van der Waals surface area (Å²) in [4.78, 5) is 4.43. The molecule has 1 fully saturated rings. The number of aliphatic hydroxyl groups excluding tert-OH is 1. The number of aliphatic hydroxyl groups is 1. The molecule has 146 valence electrons. The van der Waals surface area contributed by atoms with Crippen LogP contribution in [0.25, 0.3) is 0 Å². The number of alkyl halides is 3. The summed E-state index contributed by atoms with van der Waals surface area (Å²) in [5, 5.41) is 10.2. The van der Waals surface area contributed by atoms with Crippen molar-refractivity contribution in [2.24, 2.45) is 0 Å². The minimum Gasteiger partial charge on any atom is -0.491 e. The zero-order valence-corrected chi connectivity index (χ0v) is 14.9. The van der Waals surface area contributed by atoms with Crippen LogP contribution in [0.5, 0.6) is 5.75 Å². The van der Waals surface area contributed by atoms with E-state index in [1.807, 2.05) is 18.2 Å². The first-order valence-corrected chi connectivity index (χ1v) is 8.92. The lowest BCUT2D eigenvalue weighted by atomic mass is 10.2. The van der Waals surface area contributed by atoms with E-state index in [4.69, 9.17) is 4.74 Å². The van der Waals surface area contributed by atoms with E-state index in [-0.39, 0.29) is 12.4 Å². The lowest BCUT2D eigenvalue weighted by Crippen LogP contribution is -2.49. The Bertz CT molecular complexity index is 717. The molecule has 0 bridgehead atoms. The van der Waals surface area contributed by atoms with Crippen molar-refractivity contribution in [2.75, 3.05) is 44.2 Å². The summed E-state index contributed by atoms with van der Waals surface area (Å²) < 4.78 is 43.5. The van der Waals surface area contributed by atoms with Crippen molar-refractivity contribution < 1.29 is 23.0 Å². The maximum absolute atomic E-state index is 12.7. The van der Waals surface area contributed by atoms with Crippen molar-refractivity contribution in [3.05, 3.63) is 60.2 Å². The Balaban J connectivity index is 1.43. The third-order valence-electron chi connectivity index (χ3n) is 4.57. The average Bonchev–Trinajstić information content (AvgIpc) is 2.67. The number of benzene rings is 2. The molecule has 0 spiro atoms. The largest absolute Gasteiger partial charge is 0.491 e. The number of ether oxygens (including phenoxy) is 1. The van der Waals surface area contributed by atoms with Gasteiger partial charge in [-0.05, 0) is 30.3 Å². The highest BCUT2D eigenvalue weighted by Crippen LogP contribution is 2.31. The minimum absolute atomic E-state index is 0.0415. The summed E-state index contributed by atoms with van der Waals surface area (Å²) in [5.74, 6) is 0.109. The predicted octanol–water partition coefficient (Wildman–Crippen LogP) is 3.27. The Morgan fingerprint density at radius 3 is 2.33 bits per heavy atom. The monoisotopic (exact) mass is 380 g/mol. The summed E-state index contributed by atoms with van der Waals surface area (Å²) in [6.45, 7) is 3.75. The first kappa shape index (κ1) is 19.5. The molecule has 1 aliphatic heterocycles. The van der Waals surface area contributed by atoms with Crippen molar-refractivity contribution >= 4 is 5.69 Å². The normalized spacial score (nSPS) is 17.0. The number of nitrogens with zero attached hydrogens (tertiary/aromatic N) is 2. The number of β-amino-alcohol motifs (C(OH)–C–C–N with tert-alkyl or cyclic N) is 1. The molecule has 0 aromatic heterocycles. The zero-order valence-electron chi connectivity index (χ0n) is 14.9. The second-order valence-corrected chi connectivity index (χ2v) is 6.61. The average molecular weight is 380 g/mol. The highest BCUT2D eigenvalue weighted by molar-refractivity contribution is 5.46. The van der Waals surface area contributed by atoms with E-state index in [0.29, 0.717) is 6.54 Å². The van der Waals surface area contributed by atoms with Crippen LogP contribution in [0.2, 0.25) is 0 Å². The highest BCUT2D eigenvalue weighted by atomic mass is 19.4. The quantitative estimate of drug-likeness (QED) is 0.835. The number of hydrogen-bond donors (Lipinski definition) is 1. The maximum atomic E-state index is 12.7. The van der Waals surface area contributed by atoms with Crippen molar-refractivity contribution in [2.45, 2.75) is 12.3 Å². The first-order chi connectivity index (χ1) is 12.9. The van der Waals surface area contributed by atoms with E-state index < -0.39 is 17.8 Å². The van der Waals surface area contributed by atoms with Crippen molar-refractivity contribution in [1.82, 2.24) is 4.90 Å². The molecule has 4 nitrogen and oxygen atoms in total. The number of rotatable bonds is 6. The first-order valence-electron chi connectivity index (χ1n) is 8.92. The van der Waals surface area contributed by atoms with Gasteiger partial charge in [-0.1, -0.05) is 24.3 Å². The van der Waals surface area contributed by atoms with Crippen LogP contribution in [-0.4, -0.2) is 55.4 Å². The van der Waals surface area contributed by atoms with Crippen molar-refractivity contribution in [3.8, 4) is 5.75 Å². The Morgan fingerprint density at radius 1 is 0.963 bits per heavy atom. The van der Waals surface area contributed by atoms with Gasteiger partial charge in [-0.3, -0.25) is 4.90 Å². The summed E-state index contributed by atoms with van der Waals surface area (Å²) in [6.07, 6.45) is -5.17. The fourth-order valence-electron chi connectivity index (χ4n) is 3.13. The van der Waals surface area contributed by atoms with Crippen LogP contribution in [-0.2, 0) is 6.18 Å². The van der Waals surface area contributed by atoms with E-state index in [9.17, 15) is 18.3 Å². The maximum Gasteiger partial charge on any atom is 0.416 e. The topological polar surface area (TPSA) is 35.9 Å². The van der Waals surface area contributed by atoms with E-state index in [1.54, 1.807) is 0 Å². The van der Waals surface area contributed by atoms with Crippen molar-refractivity contribution in [3.63, 3.8) is 0 Å². The van der Waals surface area contributed by atoms with Gasteiger partial charge in [-0.2, -0.15) is 13.2 Å². The van der Waals surface area contributed by atoms with Crippen LogP contribution in [0, 0.1) is 0 Å². The van der Waals surface area contributed by atoms with E-state index in [0.717, 1.165) is 38.3 Å². The molecule has 7 heteroatoms. The van der Waals surface area contributed by atoms with Crippen LogP contribution in [0.15, 0.2) is 54.6 Å². The standard InChI is InChI=1S/C20H23F3N2O2/c21-20(22,23)16-5-4-8-19(13-16)27-15-18(26)14-24-9-11-25(12-10-24)17-6-2-1-3-7-17/h1-8,13,18,26H,9-12,14-15H2. The molecule has 1 unspecified atom stereocenters. The van der Waals surface area contributed by atoms with Crippen LogP contribution < -0.4 is 9.64 Å². The van der Waals surface area contributed by atoms with E-state index in [1.165, 1.54) is 17.8 Å². The summed E-state index contributed by atoms with van der Waals surface area (Å²) >= 11 is 0. The predicted molar refractivity (Wildman–Crippen MR) is 98.0 cm³/mol. The van der Waals surface area contributed by atoms with Crippen LogP contribution >= 0.6 is 0 Å². The lowest BCUT2D eigenvalue weighted by Gasteiger charge is -2.36. The Kier molecular flexibility index (Phi) is 6.23. The number of piperazine rings is 1. The molecular weight excluding hydrogens is 357 g/mol. The molecule has 1 saturated heterocycles. The van der Waals surface area contributed by atoms with Gasteiger partial charge in [0.2, 0.25) is 0 Å². The molecule has 0 radical (unpaired) electrons. The number of para-hydroxylation sites is 1. The fraction of sp³-hybridized carbons (Fsp3) is 0.400. The smallest absolute Gasteiger partial charge is 0.416 e. The second kappa shape index (κ2) is 8.63. The second-order valence-electron chi connectivity index (χ2n) is 6.61. The van der Waals surface area contributed by atoms with Gasteiger partial charge >= 0.3 is 6.18 Å². The van der Waals surface area contributed by atoms with Gasteiger partial charge in [0.15, 0.2) is 0 Å². The Hall–Kier alpha value is -2.25. The molecule has 1 heterocycles. The zero-order chi connectivity index (χ0) is 19.3. The molecule has 0 saturated carbocycles. The van der Waals surface area contributed by atoms with Gasteiger partial charge in [0.05, 0.1) is 5.56 Å². The molecule has 2 aromatic carbocycles. The van der Waals surface area contributed by atoms with Gasteiger partial charge in [0, 0.05) is 38.4 Å². The number of hydrogen-bond acceptors (Lipinski definition) is 4. The molecule has 1 aliphatic rings. The summed E-state index contributed by atoms with van der Waals surface area (Å²) in [5.41, 5.74) is 0.428. The van der Waals surface area contributed by atoms with Gasteiger partial charge in [-0.15, -0.1) is 0 Å². The van der Waals surface area contributed by atoms with E-state index >= 15 is 0 Å². The molecule has 3 rings (SSSR count). The van der Waals surface area contributed by atoms with Crippen LogP contribution in [0.3, 0.4) is 0 Å². The summed E-state index contributed by atoms with van der Waals surface area (Å²) in [6, 6.07) is 14.9. The van der Waals surface area contributed by atoms with Gasteiger partial charge in [-0.25, -0.2) is 0 Å². The van der Waals surface area contributed by atoms with Gasteiger partial charge in [0.25, 0.3) is 0 Å². The minimum atomic E-state index is -4.41. The molecule has 0 aliphatic carbocycles. The SMILES string of the molecule is OC(COc1cccc(C(F)(F)F)c1)CN1CCN(c2ccccc2)CC1. The molecule has 0 amide bonds. The molecule has 1 atom stereocenters. The summed E-state index contributed by atoms with van der Waals surface area (Å²) in [7, 11) is 0. The number of halogens is 3. The fourth-order valence-corrected chi connectivity index (χ4v) is 3.13. The van der Waals surface area contributed by atoms with Gasteiger partial charge < -0.3 is 14.7 Å². The molecule has 1 N–H and O–H groups in total. The third kappa shape index (κ3) is 5.61. The molecular formula is C20H23F3N2O2. The molecule has 27 heavy (non-hydrogen) atoms. The Morgan fingerprint density at radius 2 is 1.67 bits per heavy atom. The van der Waals surface area contributed by atoms with E-state index in [2.05, 4.69) is 21.9 Å². The number of anilines is 1. The van der Waals surface area contributed by atoms with Crippen LogP contribution in [0.1, 0.15) is 5.56 Å². The molecule has 2 aromatic rings. The third-order valence-corrected chi connectivity index (χ3v) is 4.57. The Labute approximate surface area is 156 Å². The van der Waals surface area contributed by atoms with Crippen LogP contribution in [0.4, 0.5) is 18.9 Å². The lowest BCUT2D eigenvalue weighted by molar-refractivity contribution is -0.137. The van der Waals surface area contributed by atoms with Gasteiger partial charge in [0.1, 0.15) is 18.5 Å².